The average Bonchev–Trinajstić information content (AvgIpc) is 3.24. The molecule has 4 N–H and O–H groups in total. The van der Waals surface area contributed by atoms with Crippen molar-refractivity contribution in [3.8, 4) is 0 Å². The number of allylic oxidation sites excluding steroid dienone is 4. The highest BCUT2D eigenvalue weighted by Crippen LogP contribution is 2.40. The molecule has 34 heavy (non-hydrogen) atoms. The molecule has 1 fully saturated rings. The summed E-state index contributed by atoms with van der Waals surface area (Å²) < 4.78 is 0. The lowest BCUT2D eigenvalue weighted by Crippen LogP contribution is -2.71. The number of thiazole rings is 1. The Morgan fingerprint density at radius 1 is 1.35 bits per heavy atom. The van der Waals surface area contributed by atoms with E-state index in [1.165, 1.54) is 24.6 Å². The van der Waals surface area contributed by atoms with Crippen molar-refractivity contribution in [1.82, 2.24) is 15.2 Å². The molecule has 2 amide bonds. The number of oxime groups is 1. The minimum absolute atomic E-state index is 0.133. The maximum atomic E-state index is 12.8. The first kappa shape index (κ1) is 24.9. The zero-order valence-electron chi connectivity index (χ0n) is 17.9. The predicted octanol–water partition coefficient (Wildman–Crippen LogP) is 0.0849. The Bertz CT molecular complexity index is 1180. The summed E-state index contributed by atoms with van der Waals surface area (Å²) in [6, 6.07) is -1.09. The molecule has 1 saturated heterocycles. The fraction of sp³-hybridized carbons (Fsp3) is 0.250. The Balaban J connectivity index is 1.82. The van der Waals surface area contributed by atoms with Crippen LogP contribution in [0.4, 0.5) is 5.13 Å². The van der Waals surface area contributed by atoms with E-state index < -0.39 is 46.5 Å². The number of nitrogens with zero attached hydrogens (tertiary/aromatic N) is 3. The van der Waals surface area contributed by atoms with Gasteiger partial charge in [0.15, 0.2) is 10.8 Å². The van der Waals surface area contributed by atoms with E-state index in [1.54, 1.807) is 13.0 Å². The van der Waals surface area contributed by atoms with Crippen molar-refractivity contribution in [2.24, 2.45) is 5.16 Å². The van der Waals surface area contributed by atoms with Crippen molar-refractivity contribution in [1.29, 1.82) is 0 Å². The number of carboxylic acids is 1. The first-order valence-electron chi connectivity index (χ1n) is 9.63. The molecule has 14 heteroatoms. The molecule has 3 heterocycles. The second kappa shape index (κ2) is 10.4. The molecule has 2 atom stereocenters. The first-order valence-corrected chi connectivity index (χ1v) is 11.6. The number of hydrogen-bond donors (Lipinski definition) is 3. The molecular formula is C20H19N5O7S2. The molecule has 0 bridgehead atoms. The molecular weight excluding hydrogens is 486 g/mol. The molecule has 0 radical (unpaired) electrons. The van der Waals surface area contributed by atoms with Crippen LogP contribution in [0.3, 0.4) is 0 Å². The fourth-order valence-corrected chi connectivity index (χ4v) is 5.06. The number of carbonyl (C=O) groups excluding carboxylic acids is 4. The number of Topliss-reactive ketones (excluding diaryl/α,β-unsaturated/α-hetero) is 1. The van der Waals surface area contributed by atoms with Gasteiger partial charge in [-0.15, -0.1) is 23.1 Å². The van der Waals surface area contributed by atoms with Gasteiger partial charge in [0, 0.05) is 16.7 Å². The van der Waals surface area contributed by atoms with Gasteiger partial charge in [-0.05, 0) is 13.0 Å². The summed E-state index contributed by atoms with van der Waals surface area (Å²) >= 11 is 2.13. The van der Waals surface area contributed by atoms with E-state index in [4.69, 9.17) is 5.73 Å². The Morgan fingerprint density at radius 3 is 2.68 bits per heavy atom. The second-order valence-corrected chi connectivity index (χ2v) is 8.76. The third kappa shape index (κ3) is 4.77. The third-order valence-corrected chi connectivity index (χ3v) is 6.62. The Labute approximate surface area is 201 Å². The van der Waals surface area contributed by atoms with Gasteiger partial charge in [-0.2, -0.15) is 0 Å². The Morgan fingerprint density at radius 2 is 2.09 bits per heavy atom. The fourth-order valence-electron chi connectivity index (χ4n) is 3.17. The van der Waals surface area contributed by atoms with Crippen molar-refractivity contribution in [2.75, 3.05) is 18.6 Å². The number of carboxylic acid groups (broad SMARTS) is 1. The molecule has 0 spiro atoms. The van der Waals surface area contributed by atoms with E-state index in [0.29, 0.717) is 0 Å². The number of nitrogen functional groups attached to an aromatic ring is 1. The zero-order chi connectivity index (χ0) is 25.0. The van der Waals surface area contributed by atoms with E-state index >= 15 is 0 Å². The van der Waals surface area contributed by atoms with Crippen LogP contribution in [0.25, 0.3) is 0 Å². The summed E-state index contributed by atoms with van der Waals surface area (Å²) in [7, 11) is 1.23. The van der Waals surface area contributed by atoms with E-state index in [1.807, 2.05) is 0 Å². The smallest absolute Gasteiger partial charge is 0.353 e. The number of aromatic nitrogens is 1. The summed E-state index contributed by atoms with van der Waals surface area (Å²) in [5.74, 6) is -5.12. The van der Waals surface area contributed by atoms with Crippen LogP contribution in [0, 0.1) is 0 Å². The van der Waals surface area contributed by atoms with Gasteiger partial charge in [-0.1, -0.05) is 23.4 Å². The number of anilines is 1. The van der Waals surface area contributed by atoms with E-state index in [2.05, 4.69) is 20.3 Å². The number of rotatable bonds is 9. The first-order chi connectivity index (χ1) is 16.2. The van der Waals surface area contributed by atoms with Crippen LogP contribution in [-0.2, 0) is 28.8 Å². The SMILES string of the molecule is CC=CC=CC(=O)C(=O)C1=C(C(=O)O)N2C(=O)[C@@H](NC(=O)C(=NOC)c3csc(N)n3)[C@H]2SC1. The van der Waals surface area contributed by atoms with Crippen LogP contribution in [0.5, 0.6) is 0 Å². The topological polar surface area (TPSA) is 181 Å². The summed E-state index contributed by atoms with van der Waals surface area (Å²) in [5.41, 5.74) is 4.66. The quantitative estimate of drug-likeness (QED) is 0.104. The van der Waals surface area contributed by atoms with Gasteiger partial charge in [-0.25, -0.2) is 9.78 Å². The predicted molar refractivity (Wildman–Crippen MR) is 124 cm³/mol. The lowest BCUT2D eigenvalue weighted by atomic mass is 9.99. The highest BCUT2D eigenvalue weighted by Gasteiger charge is 2.55. The van der Waals surface area contributed by atoms with Gasteiger partial charge in [0.1, 0.15) is 29.9 Å². The number of nitrogens with two attached hydrogens (primary N) is 1. The minimum atomic E-state index is -1.53. The van der Waals surface area contributed by atoms with E-state index in [9.17, 15) is 29.1 Å². The lowest BCUT2D eigenvalue weighted by Gasteiger charge is -2.49. The molecule has 0 unspecified atom stereocenters. The van der Waals surface area contributed by atoms with Gasteiger partial charge in [0.05, 0.1) is 0 Å². The maximum absolute atomic E-state index is 12.8. The standard InChI is InChI=1S/C20H19N5O7S2/c1-3-4-5-6-11(26)15(27)9-7-33-18-13(17(29)25(18)14(9)19(30)31)23-16(28)12(24-32-2)10-8-34-20(21)22-10/h3-6,8,13,18H,7H2,1-2H3,(H2,21,22)(H,23,28)(H,30,31)/t13-,18-/m1/s1. The largest absolute Gasteiger partial charge is 0.477 e. The molecule has 0 aliphatic carbocycles. The van der Waals surface area contributed by atoms with Crippen molar-refractivity contribution in [3.63, 3.8) is 0 Å². The van der Waals surface area contributed by atoms with E-state index in [0.717, 1.165) is 34.1 Å². The molecule has 0 saturated carbocycles. The second-order valence-electron chi connectivity index (χ2n) is 6.76. The van der Waals surface area contributed by atoms with Gasteiger partial charge < -0.3 is 21.0 Å². The van der Waals surface area contributed by atoms with Crippen LogP contribution >= 0.6 is 23.1 Å². The molecule has 1 aromatic heterocycles. The number of carbonyl (C=O) groups is 5. The van der Waals surface area contributed by atoms with Crippen LogP contribution in [0.15, 0.2) is 46.1 Å². The van der Waals surface area contributed by atoms with Gasteiger partial charge in [0.2, 0.25) is 11.6 Å². The maximum Gasteiger partial charge on any atom is 0.353 e. The summed E-state index contributed by atoms with van der Waals surface area (Å²) in [6.07, 6.45) is 5.57. The van der Waals surface area contributed by atoms with Crippen LogP contribution in [-0.4, -0.2) is 74.3 Å². The van der Waals surface area contributed by atoms with Crippen molar-refractivity contribution < 1.29 is 33.9 Å². The highest BCUT2D eigenvalue weighted by atomic mass is 32.2. The molecule has 0 aromatic carbocycles. The number of β-lactam (4-membered cyclic amide) rings is 1. The monoisotopic (exact) mass is 505 g/mol. The number of aliphatic carboxylic acids is 1. The lowest BCUT2D eigenvalue weighted by molar-refractivity contribution is -0.150. The molecule has 12 nitrogen and oxygen atoms in total. The number of hydrogen-bond acceptors (Lipinski definition) is 11. The summed E-state index contributed by atoms with van der Waals surface area (Å²) in [6.45, 7) is 1.72. The average molecular weight is 506 g/mol. The van der Waals surface area contributed by atoms with Crippen molar-refractivity contribution in [2.45, 2.75) is 18.3 Å². The minimum Gasteiger partial charge on any atom is -0.477 e. The normalized spacial score (nSPS) is 20.4. The molecule has 2 aliphatic heterocycles. The summed E-state index contributed by atoms with van der Waals surface area (Å²) in [5, 5.41) is 16.7. The van der Waals surface area contributed by atoms with Crippen molar-refractivity contribution >= 4 is 63.3 Å². The van der Waals surface area contributed by atoms with Gasteiger partial charge in [0.25, 0.3) is 11.8 Å². The Kier molecular flexibility index (Phi) is 7.63. The molecule has 1 aromatic rings. The molecule has 3 rings (SSSR count). The van der Waals surface area contributed by atoms with Crippen LogP contribution in [0.1, 0.15) is 12.6 Å². The number of ketones is 2. The number of nitrogens with one attached hydrogen (secondary N) is 1. The third-order valence-electron chi connectivity index (χ3n) is 4.67. The van der Waals surface area contributed by atoms with Gasteiger partial charge >= 0.3 is 5.97 Å². The van der Waals surface area contributed by atoms with Crippen LogP contribution in [0.2, 0.25) is 0 Å². The zero-order valence-corrected chi connectivity index (χ0v) is 19.5. The van der Waals surface area contributed by atoms with Gasteiger partial charge in [-0.3, -0.25) is 24.1 Å². The number of amides is 2. The highest BCUT2D eigenvalue weighted by molar-refractivity contribution is 8.00. The van der Waals surface area contributed by atoms with Crippen molar-refractivity contribution in [3.05, 3.63) is 46.6 Å². The number of fused-ring (bicyclic) bond motifs is 1. The number of thioether (sulfide) groups is 1. The Hall–Kier alpha value is -3.78. The summed E-state index contributed by atoms with van der Waals surface area (Å²) in [4.78, 5) is 71.7. The van der Waals surface area contributed by atoms with Crippen LogP contribution < -0.4 is 11.1 Å². The molecule has 178 valence electrons. The van der Waals surface area contributed by atoms with E-state index in [-0.39, 0.29) is 27.9 Å². The molecule has 2 aliphatic rings.